The Kier molecular flexibility index (Phi) is 9.66. The molecule has 0 saturated carbocycles. The zero-order chi connectivity index (χ0) is 13.1. The lowest BCUT2D eigenvalue weighted by atomic mass is 10.4. The SMILES string of the molecule is CCN1CCOCC1.CCOS(=O)(=O)OCC. The van der Waals surface area contributed by atoms with Crippen LogP contribution in [0, 0.1) is 0 Å². The normalized spacial score (nSPS) is 17.4. The highest BCUT2D eigenvalue weighted by atomic mass is 32.3. The molecular weight excluding hydrogens is 246 g/mol. The van der Waals surface area contributed by atoms with Gasteiger partial charge in [-0.05, 0) is 20.4 Å². The Labute approximate surface area is 104 Å². The van der Waals surface area contributed by atoms with E-state index in [0.29, 0.717) is 0 Å². The molecule has 0 atom stereocenters. The van der Waals surface area contributed by atoms with E-state index in [1.807, 2.05) is 0 Å². The van der Waals surface area contributed by atoms with E-state index in [9.17, 15) is 8.42 Å². The third-order valence-corrected chi connectivity index (χ3v) is 3.12. The molecule has 1 saturated heterocycles. The Hall–Kier alpha value is -0.210. The van der Waals surface area contributed by atoms with Gasteiger partial charge in [-0.25, -0.2) is 8.37 Å². The van der Waals surface area contributed by atoms with Gasteiger partial charge in [-0.15, -0.1) is 0 Å². The lowest BCUT2D eigenvalue weighted by molar-refractivity contribution is 0.0405. The summed E-state index contributed by atoms with van der Waals surface area (Å²) in [5.41, 5.74) is 0. The van der Waals surface area contributed by atoms with Crippen LogP contribution in [0.25, 0.3) is 0 Å². The summed E-state index contributed by atoms with van der Waals surface area (Å²) in [6.45, 7) is 10.8. The van der Waals surface area contributed by atoms with Gasteiger partial charge in [0.15, 0.2) is 0 Å². The molecule has 0 aliphatic carbocycles. The van der Waals surface area contributed by atoms with E-state index in [2.05, 4.69) is 20.2 Å². The number of morpholine rings is 1. The van der Waals surface area contributed by atoms with Gasteiger partial charge in [0, 0.05) is 13.1 Å². The highest BCUT2D eigenvalue weighted by Gasteiger charge is 2.07. The van der Waals surface area contributed by atoms with E-state index in [1.54, 1.807) is 13.8 Å². The first-order valence-electron chi connectivity index (χ1n) is 5.89. The minimum Gasteiger partial charge on any atom is -0.379 e. The monoisotopic (exact) mass is 269 g/mol. The van der Waals surface area contributed by atoms with Crippen molar-refractivity contribution in [2.24, 2.45) is 0 Å². The van der Waals surface area contributed by atoms with Crippen LogP contribution in [0.4, 0.5) is 0 Å². The predicted octanol–water partition coefficient (Wildman–Crippen LogP) is 0.643. The Bertz CT molecular complexity index is 250. The topological polar surface area (TPSA) is 65.1 Å². The maximum Gasteiger partial charge on any atom is 0.399 e. The molecule has 0 N–H and O–H groups in total. The zero-order valence-electron chi connectivity index (χ0n) is 10.8. The lowest BCUT2D eigenvalue weighted by Crippen LogP contribution is -2.35. The first-order chi connectivity index (χ1) is 8.05. The smallest absolute Gasteiger partial charge is 0.379 e. The molecule has 0 spiro atoms. The minimum absolute atomic E-state index is 0.113. The van der Waals surface area contributed by atoms with E-state index in [-0.39, 0.29) is 13.2 Å². The molecule has 1 aliphatic rings. The van der Waals surface area contributed by atoms with Crippen molar-refractivity contribution in [3.05, 3.63) is 0 Å². The van der Waals surface area contributed by atoms with Gasteiger partial charge in [-0.2, -0.15) is 8.42 Å². The van der Waals surface area contributed by atoms with Crippen molar-refractivity contribution < 1.29 is 21.5 Å². The maximum absolute atomic E-state index is 10.4. The van der Waals surface area contributed by atoms with E-state index >= 15 is 0 Å². The summed E-state index contributed by atoms with van der Waals surface area (Å²) >= 11 is 0. The van der Waals surface area contributed by atoms with Gasteiger partial charge in [-0.3, -0.25) is 4.90 Å². The third-order valence-electron chi connectivity index (χ3n) is 2.08. The summed E-state index contributed by atoms with van der Waals surface area (Å²) in [5, 5.41) is 0. The van der Waals surface area contributed by atoms with Crippen LogP contribution in [0.1, 0.15) is 20.8 Å². The van der Waals surface area contributed by atoms with Crippen molar-refractivity contribution in [1.82, 2.24) is 4.90 Å². The zero-order valence-corrected chi connectivity index (χ0v) is 11.7. The lowest BCUT2D eigenvalue weighted by Gasteiger charge is -2.24. The van der Waals surface area contributed by atoms with Crippen molar-refractivity contribution in [3.8, 4) is 0 Å². The number of rotatable bonds is 5. The van der Waals surface area contributed by atoms with Crippen LogP contribution < -0.4 is 0 Å². The van der Waals surface area contributed by atoms with Crippen molar-refractivity contribution in [2.75, 3.05) is 46.1 Å². The molecule has 1 fully saturated rings. The fraction of sp³-hybridized carbons (Fsp3) is 1.00. The molecule has 1 heterocycles. The van der Waals surface area contributed by atoms with Crippen LogP contribution in [0.15, 0.2) is 0 Å². The summed E-state index contributed by atoms with van der Waals surface area (Å²) in [6.07, 6.45) is 0. The molecule has 1 rings (SSSR count). The molecule has 0 unspecified atom stereocenters. The number of hydrogen-bond donors (Lipinski definition) is 0. The molecule has 0 amide bonds. The van der Waals surface area contributed by atoms with Crippen LogP contribution in [-0.2, 0) is 23.5 Å². The fourth-order valence-electron chi connectivity index (χ4n) is 1.24. The number of likely N-dealkylation sites (N-methyl/N-ethyl adjacent to an activating group) is 1. The van der Waals surface area contributed by atoms with Gasteiger partial charge >= 0.3 is 10.4 Å². The molecule has 104 valence electrons. The van der Waals surface area contributed by atoms with Gasteiger partial charge in [-0.1, -0.05) is 6.92 Å². The van der Waals surface area contributed by atoms with Gasteiger partial charge in [0.05, 0.1) is 26.4 Å². The van der Waals surface area contributed by atoms with Crippen LogP contribution in [0.2, 0.25) is 0 Å². The molecule has 0 aromatic heterocycles. The molecule has 0 aromatic carbocycles. The molecule has 1 aliphatic heterocycles. The van der Waals surface area contributed by atoms with E-state index in [0.717, 1.165) is 26.3 Å². The predicted molar refractivity (Wildman–Crippen MR) is 65.1 cm³/mol. The molecule has 0 aromatic rings. The highest BCUT2D eigenvalue weighted by molar-refractivity contribution is 7.81. The molecular formula is C10H23NO5S. The quantitative estimate of drug-likeness (QED) is 0.730. The van der Waals surface area contributed by atoms with Crippen molar-refractivity contribution in [2.45, 2.75) is 20.8 Å². The molecule has 6 nitrogen and oxygen atoms in total. The summed E-state index contributed by atoms with van der Waals surface area (Å²) in [7, 11) is -3.68. The van der Waals surface area contributed by atoms with Crippen LogP contribution in [0.3, 0.4) is 0 Å². The van der Waals surface area contributed by atoms with E-state index in [1.165, 1.54) is 6.54 Å². The summed E-state index contributed by atoms with van der Waals surface area (Å²) < 4.78 is 34.4. The Morgan fingerprint density at radius 2 is 1.53 bits per heavy atom. The number of ether oxygens (including phenoxy) is 1. The first-order valence-corrected chi connectivity index (χ1v) is 7.22. The summed E-state index contributed by atoms with van der Waals surface area (Å²) in [5.74, 6) is 0. The van der Waals surface area contributed by atoms with Crippen LogP contribution >= 0.6 is 0 Å². The Balaban J connectivity index is 0.000000302. The second kappa shape index (κ2) is 9.78. The molecule has 17 heavy (non-hydrogen) atoms. The fourth-order valence-corrected chi connectivity index (χ4v) is 1.89. The van der Waals surface area contributed by atoms with Crippen molar-refractivity contribution >= 4 is 10.4 Å². The summed E-state index contributed by atoms with van der Waals surface area (Å²) in [6, 6.07) is 0. The standard InChI is InChI=1S/C6H13NO.C4H10O4S/c1-2-7-3-5-8-6-4-7;1-3-7-9(5,6)8-4-2/h2-6H2,1H3;3-4H2,1-2H3. The second-order valence-corrected chi connectivity index (χ2v) is 4.56. The van der Waals surface area contributed by atoms with Gasteiger partial charge in [0.1, 0.15) is 0 Å². The minimum atomic E-state index is -3.68. The van der Waals surface area contributed by atoms with Crippen molar-refractivity contribution in [3.63, 3.8) is 0 Å². The second-order valence-electron chi connectivity index (χ2n) is 3.27. The largest absolute Gasteiger partial charge is 0.399 e. The average Bonchev–Trinajstić information content (AvgIpc) is 2.31. The number of nitrogens with zero attached hydrogens (tertiary/aromatic N) is 1. The maximum atomic E-state index is 10.4. The third kappa shape index (κ3) is 9.49. The van der Waals surface area contributed by atoms with Gasteiger partial charge < -0.3 is 4.74 Å². The van der Waals surface area contributed by atoms with E-state index in [4.69, 9.17) is 4.74 Å². The molecule has 0 radical (unpaired) electrons. The van der Waals surface area contributed by atoms with Gasteiger partial charge in [0.25, 0.3) is 0 Å². The van der Waals surface area contributed by atoms with Crippen LogP contribution in [0.5, 0.6) is 0 Å². The average molecular weight is 269 g/mol. The van der Waals surface area contributed by atoms with Crippen LogP contribution in [-0.4, -0.2) is 59.4 Å². The van der Waals surface area contributed by atoms with Gasteiger partial charge in [0.2, 0.25) is 0 Å². The Morgan fingerprint density at radius 1 is 1.06 bits per heavy atom. The number of hydrogen-bond acceptors (Lipinski definition) is 6. The Morgan fingerprint density at radius 3 is 1.82 bits per heavy atom. The first kappa shape index (κ1) is 16.8. The molecule has 7 heteroatoms. The highest BCUT2D eigenvalue weighted by Crippen LogP contribution is 1.94. The summed E-state index contributed by atoms with van der Waals surface area (Å²) in [4.78, 5) is 2.39. The van der Waals surface area contributed by atoms with E-state index < -0.39 is 10.4 Å². The van der Waals surface area contributed by atoms with Crippen molar-refractivity contribution in [1.29, 1.82) is 0 Å². The molecule has 0 bridgehead atoms.